The average molecular weight is 935 g/mol. The van der Waals surface area contributed by atoms with E-state index in [1.807, 2.05) is 0 Å². The van der Waals surface area contributed by atoms with Crippen LogP contribution in [0.1, 0.15) is 0 Å². The van der Waals surface area contributed by atoms with Gasteiger partial charge in [-0.05, 0) is 72.8 Å². The Kier molecular flexibility index (Phi) is 24.5. The number of carboxylic acid groups (broad SMARTS) is 2. The summed E-state index contributed by atoms with van der Waals surface area (Å²) < 4.78 is 77.9. The minimum Gasteiger partial charge on any atom is -1.00 e. The molecule has 0 aliphatic heterocycles. The van der Waals surface area contributed by atoms with Gasteiger partial charge in [0.15, 0.2) is 39.5 Å². The summed E-state index contributed by atoms with van der Waals surface area (Å²) in [5, 5.41) is 17.1. The number of benzene rings is 6. The number of carboxylic acids is 2. The predicted octanol–water partition coefficient (Wildman–Crippen LogP) is 2.32. The van der Waals surface area contributed by atoms with Gasteiger partial charge in [0.05, 0.1) is 21.8 Å². The molecule has 2 N–H and O–H groups in total. The predicted molar refractivity (Wildman–Crippen MR) is 208 cm³/mol. The molecular formula is C40H32ClF4NaO10S4. The molecule has 60 heavy (non-hydrogen) atoms. The summed E-state index contributed by atoms with van der Waals surface area (Å²) in [7, 11) is -6.11. The molecule has 0 aromatic heterocycles. The molecule has 0 aliphatic rings. The Hall–Kier alpha value is -3.89. The number of alkyl halides is 4. The zero-order valence-corrected chi connectivity index (χ0v) is 37.0. The van der Waals surface area contributed by atoms with Crippen LogP contribution in [0.25, 0.3) is 0 Å². The number of hydrogen-bond acceptors (Lipinski definition) is 9. The van der Waals surface area contributed by atoms with Crippen LogP contribution in [0, 0.1) is 0 Å². The normalized spacial score (nSPS) is 10.8. The number of carbonyl (C=O) groups is 2. The third kappa shape index (κ3) is 17.2. The van der Waals surface area contributed by atoms with Gasteiger partial charge in [-0.3, -0.25) is 5.04 Å². The fourth-order valence-corrected chi connectivity index (χ4v) is 8.96. The minimum absolute atomic E-state index is 0. The van der Waals surface area contributed by atoms with Crippen molar-refractivity contribution < 1.29 is 107 Å². The first kappa shape index (κ1) is 54.1. The summed E-state index contributed by atoms with van der Waals surface area (Å²) in [5.41, 5.74) is 0. The summed E-state index contributed by atoms with van der Waals surface area (Å²) >= 11 is -0.881. The van der Waals surface area contributed by atoms with Crippen molar-refractivity contribution in [3.05, 3.63) is 182 Å². The first-order chi connectivity index (χ1) is 27.6. The first-order valence-electron chi connectivity index (χ1n) is 16.2. The van der Waals surface area contributed by atoms with Gasteiger partial charge in [-0.25, -0.2) is 18.0 Å². The van der Waals surface area contributed by atoms with Crippen LogP contribution in [0.15, 0.2) is 211 Å². The van der Waals surface area contributed by atoms with Crippen LogP contribution in [-0.2, 0) is 50.9 Å². The molecule has 6 rings (SSSR count). The summed E-state index contributed by atoms with van der Waals surface area (Å²) in [6.45, 7) is 0. The van der Waals surface area contributed by atoms with E-state index in [1.54, 1.807) is 0 Å². The van der Waals surface area contributed by atoms with E-state index < -0.39 is 44.6 Å². The molecule has 0 radical (unpaired) electrons. The number of aliphatic carboxylic acids is 2. The van der Waals surface area contributed by atoms with Crippen LogP contribution >= 0.6 is 12.0 Å². The SMILES string of the molecule is O=C(O)C(F)(F)S(=O)(=O)[O-].O=C(O)C(F)(F)SOO[O-].[Cl-].[Na+].c1ccc([S+](c2ccccc2)c2ccccc2)cc1.c1ccc([S+](c2ccccc2)c2ccccc2)cc1. The van der Waals surface area contributed by atoms with Gasteiger partial charge in [-0.2, -0.15) is 21.9 Å². The van der Waals surface area contributed by atoms with Crippen molar-refractivity contribution >= 4 is 55.9 Å². The van der Waals surface area contributed by atoms with Gasteiger partial charge in [-0.1, -0.05) is 109 Å². The molecule has 0 amide bonds. The summed E-state index contributed by atoms with van der Waals surface area (Å²) in [4.78, 5) is 27.0. The second kappa shape index (κ2) is 27.1. The first-order valence-corrected chi connectivity index (χ1v) is 20.8. The van der Waals surface area contributed by atoms with Gasteiger partial charge in [0.25, 0.3) is 0 Å². The standard InChI is InChI=1S/2C18H15S.2C2H2F2O5S.ClH.Na/c2*1-4-10-16(11-5-1)19(17-12-6-2-7-13-17)18-14-8-3-9-15-18;3-2(4,1(5)6)10(7,8)9;3-2(4,1(5)6)10-9-8-7;;/h2*1-15H;(H,5,6)(H,7,8,9);7H,(H,5,6);1H;/q2*+1;;;;+1/p-3. The van der Waals surface area contributed by atoms with Crippen LogP contribution in [0.4, 0.5) is 17.6 Å². The Morgan fingerprint density at radius 1 is 0.517 bits per heavy atom. The Bertz CT molecular complexity index is 1920. The fourth-order valence-electron chi connectivity index (χ4n) is 4.36. The molecule has 0 saturated heterocycles. The molecule has 0 heterocycles. The molecule has 0 fully saturated rings. The minimum atomic E-state index is -6.08. The molecule has 0 unspecified atom stereocenters. The van der Waals surface area contributed by atoms with Crippen molar-refractivity contribution in [1.82, 2.24) is 0 Å². The molecule has 0 saturated carbocycles. The molecule has 6 aromatic carbocycles. The zero-order chi connectivity index (χ0) is 42.6. The second-order valence-corrected chi connectivity index (χ2v) is 17.1. The smallest absolute Gasteiger partial charge is 1.00 e. The number of halogens is 5. The molecule has 10 nitrogen and oxygen atoms in total. The zero-order valence-electron chi connectivity index (χ0n) is 31.0. The Balaban J connectivity index is 0.000000415. The van der Waals surface area contributed by atoms with E-state index in [0.717, 1.165) is 0 Å². The van der Waals surface area contributed by atoms with Crippen molar-refractivity contribution in [3.63, 3.8) is 0 Å². The van der Waals surface area contributed by atoms with Gasteiger partial charge < -0.3 is 32.4 Å². The quantitative estimate of drug-likeness (QED) is 0.0351. The summed E-state index contributed by atoms with van der Waals surface area (Å²) in [6, 6.07) is 64.3. The van der Waals surface area contributed by atoms with Crippen molar-refractivity contribution in [2.24, 2.45) is 0 Å². The third-order valence-corrected chi connectivity index (χ3v) is 12.6. The molecule has 0 bridgehead atoms. The van der Waals surface area contributed by atoms with Crippen LogP contribution in [0.3, 0.4) is 0 Å². The van der Waals surface area contributed by atoms with E-state index in [-0.39, 0.29) is 63.8 Å². The molecule has 0 aliphatic carbocycles. The maximum absolute atomic E-state index is 11.8. The van der Waals surface area contributed by atoms with E-state index in [1.165, 1.54) is 29.4 Å². The van der Waals surface area contributed by atoms with Gasteiger partial charge >= 0.3 is 52.0 Å². The van der Waals surface area contributed by atoms with Crippen LogP contribution in [-0.4, -0.2) is 45.6 Å². The second-order valence-electron chi connectivity index (χ2n) is 10.8. The molecule has 6 aromatic rings. The van der Waals surface area contributed by atoms with Crippen molar-refractivity contribution in [1.29, 1.82) is 0 Å². The molecule has 312 valence electrons. The van der Waals surface area contributed by atoms with Crippen LogP contribution in [0.5, 0.6) is 0 Å². The van der Waals surface area contributed by atoms with Crippen LogP contribution < -0.4 is 47.2 Å². The number of rotatable bonds is 12. The van der Waals surface area contributed by atoms with Crippen molar-refractivity contribution in [3.8, 4) is 0 Å². The maximum Gasteiger partial charge on any atom is 1.00 e. The van der Waals surface area contributed by atoms with Gasteiger partial charge in [0.2, 0.25) is 0 Å². The molecule has 20 heteroatoms. The summed E-state index contributed by atoms with van der Waals surface area (Å²) in [5.74, 6) is -5.38. The van der Waals surface area contributed by atoms with E-state index in [2.05, 4.69) is 191 Å². The largest absolute Gasteiger partial charge is 1.00 e. The molecule has 0 atom stereocenters. The molecule has 0 spiro atoms. The van der Waals surface area contributed by atoms with Crippen molar-refractivity contribution in [2.75, 3.05) is 0 Å². The fraction of sp³-hybridized carbons (Fsp3) is 0.0500. The summed E-state index contributed by atoms with van der Waals surface area (Å²) in [6.07, 6.45) is 0. The van der Waals surface area contributed by atoms with E-state index in [0.29, 0.717) is 0 Å². The number of hydrogen-bond donors (Lipinski definition) is 2. The maximum atomic E-state index is 11.8. The van der Waals surface area contributed by atoms with E-state index in [9.17, 15) is 40.1 Å². The monoisotopic (exact) mass is 934 g/mol. The van der Waals surface area contributed by atoms with Gasteiger partial charge in [0, 0.05) is 0 Å². The third-order valence-electron chi connectivity index (χ3n) is 6.85. The topological polar surface area (TPSA) is 173 Å². The Morgan fingerprint density at radius 3 is 0.867 bits per heavy atom. The van der Waals surface area contributed by atoms with Gasteiger partial charge in [-0.15, -0.1) is 0 Å². The Labute approximate surface area is 381 Å². The van der Waals surface area contributed by atoms with E-state index >= 15 is 0 Å². The Morgan fingerprint density at radius 2 is 0.733 bits per heavy atom. The van der Waals surface area contributed by atoms with Crippen molar-refractivity contribution in [2.45, 2.75) is 39.9 Å². The molecular weight excluding hydrogens is 903 g/mol. The van der Waals surface area contributed by atoms with Gasteiger partial charge in [0.1, 0.15) is 12.0 Å². The van der Waals surface area contributed by atoms with Crippen LogP contribution in [0.2, 0.25) is 0 Å². The average Bonchev–Trinajstić information content (AvgIpc) is 3.23. The van der Waals surface area contributed by atoms with E-state index in [4.69, 9.17) is 15.5 Å².